The van der Waals surface area contributed by atoms with E-state index in [-0.39, 0.29) is 17.7 Å². The number of pyridine rings is 1. The summed E-state index contributed by atoms with van der Waals surface area (Å²) in [7, 11) is 0. The normalized spacial score (nSPS) is 12.2. The second-order valence-electron chi connectivity index (χ2n) is 4.88. The van der Waals surface area contributed by atoms with Crippen molar-refractivity contribution in [2.45, 2.75) is 13.0 Å². The van der Waals surface area contributed by atoms with Crippen LogP contribution in [-0.4, -0.2) is 10.9 Å². The molecule has 1 atom stereocenters. The number of rotatable bonds is 3. The molecule has 0 fully saturated rings. The van der Waals surface area contributed by atoms with Gasteiger partial charge >= 0.3 is 0 Å². The fourth-order valence-corrected chi connectivity index (χ4v) is 2.18. The van der Waals surface area contributed by atoms with Crippen molar-refractivity contribution in [1.29, 1.82) is 0 Å². The maximum atomic E-state index is 12.2. The molecule has 1 aromatic carbocycles. The molecule has 21 heavy (non-hydrogen) atoms. The van der Waals surface area contributed by atoms with Crippen LogP contribution in [0.2, 0.25) is 0 Å². The predicted molar refractivity (Wildman–Crippen MR) is 80.7 cm³/mol. The van der Waals surface area contributed by atoms with Crippen LogP contribution in [0.1, 0.15) is 29.1 Å². The monoisotopic (exact) mass is 281 g/mol. The van der Waals surface area contributed by atoms with Crippen molar-refractivity contribution >= 4 is 22.6 Å². The van der Waals surface area contributed by atoms with Crippen molar-refractivity contribution < 1.29 is 9.21 Å². The SMILES string of the molecule is CC(NC(=O)c1cc2cc(N)ccc2o1)c1ccncc1. The average molecular weight is 281 g/mol. The van der Waals surface area contributed by atoms with E-state index in [1.165, 1.54) is 0 Å². The molecule has 0 bridgehead atoms. The first-order valence-electron chi connectivity index (χ1n) is 6.63. The third-order valence-corrected chi connectivity index (χ3v) is 3.32. The summed E-state index contributed by atoms with van der Waals surface area (Å²) in [5.41, 5.74) is 7.99. The number of nitrogens with zero attached hydrogens (tertiary/aromatic N) is 1. The van der Waals surface area contributed by atoms with E-state index < -0.39 is 0 Å². The van der Waals surface area contributed by atoms with Crippen LogP contribution < -0.4 is 11.1 Å². The summed E-state index contributed by atoms with van der Waals surface area (Å²) in [5.74, 6) is 0.0191. The second-order valence-corrected chi connectivity index (χ2v) is 4.88. The molecule has 0 saturated heterocycles. The van der Waals surface area contributed by atoms with Crippen molar-refractivity contribution in [3.8, 4) is 0 Å². The van der Waals surface area contributed by atoms with E-state index in [0.29, 0.717) is 11.3 Å². The van der Waals surface area contributed by atoms with Crippen LogP contribution in [-0.2, 0) is 0 Å². The topological polar surface area (TPSA) is 81.2 Å². The first-order chi connectivity index (χ1) is 10.1. The van der Waals surface area contributed by atoms with Crippen molar-refractivity contribution in [3.05, 3.63) is 60.1 Å². The van der Waals surface area contributed by atoms with Gasteiger partial charge in [0.25, 0.3) is 5.91 Å². The average Bonchev–Trinajstić information content (AvgIpc) is 2.91. The number of carbonyl (C=O) groups is 1. The maximum Gasteiger partial charge on any atom is 0.287 e. The van der Waals surface area contributed by atoms with Crippen LogP contribution in [0.5, 0.6) is 0 Å². The minimum absolute atomic E-state index is 0.126. The first-order valence-corrected chi connectivity index (χ1v) is 6.63. The van der Waals surface area contributed by atoms with Gasteiger partial charge in [0, 0.05) is 23.5 Å². The molecule has 3 aromatic rings. The highest BCUT2D eigenvalue weighted by atomic mass is 16.3. The Balaban J connectivity index is 1.80. The number of benzene rings is 1. The van der Waals surface area contributed by atoms with Crippen LogP contribution in [0.3, 0.4) is 0 Å². The molecule has 0 saturated carbocycles. The van der Waals surface area contributed by atoms with Gasteiger partial charge in [-0.05, 0) is 48.9 Å². The lowest BCUT2D eigenvalue weighted by Gasteiger charge is -2.12. The zero-order chi connectivity index (χ0) is 14.8. The number of anilines is 1. The number of nitrogens with one attached hydrogen (secondary N) is 1. The van der Waals surface area contributed by atoms with Gasteiger partial charge in [-0.2, -0.15) is 0 Å². The molecule has 0 aliphatic rings. The molecule has 2 heterocycles. The third kappa shape index (κ3) is 2.72. The molecule has 0 radical (unpaired) electrons. The Morgan fingerprint density at radius 3 is 2.76 bits per heavy atom. The molecule has 3 rings (SSSR count). The molecule has 0 aliphatic heterocycles. The molecule has 1 unspecified atom stereocenters. The smallest absolute Gasteiger partial charge is 0.287 e. The van der Waals surface area contributed by atoms with Gasteiger partial charge in [-0.25, -0.2) is 0 Å². The lowest BCUT2D eigenvalue weighted by atomic mass is 10.1. The Hall–Kier alpha value is -2.82. The minimum atomic E-state index is -0.255. The van der Waals surface area contributed by atoms with E-state index in [1.54, 1.807) is 36.7 Å². The van der Waals surface area contributed by atoms with Crippen LogP contribution in [0.25, 0.3) is 11.0 Å². The van der Waals surface area contributed by atoms with Gasteiger partial charge in [0.1, 0.15) is 5.58 Å². The second kappa shape index (κ2) is 5.28. The lowest BCUT2D eigenvalue weighted by Crippen LogP contribution is -2.26. The van der Waals surface area contributed by atoms with Crippen LogP contribution in [0.4, 0.5) is 5.69 Å². The Morgan fingerprint density at radius 1 is 1.24 bits per heavy atom. The minimum Gasteiger partial charge on any atom is -0.451 e. The molecule has 1 amide bonds. The summed E-state index contributed by atoms with van der Waals surface area (Å²) in [5, 5.41) is 3.71. The molecule has 0 spiro atoms. The fraction of sp³-hybridized carbons (Fsp3) is 0.125. The number of hydrogen-bond acceptors (Lipinski definition) is 4. The van der Waals surface area contributed by atoms with E-state index in [0.717, 1.165) is 10.9 Å². The molecule has 0 aliphatic carbocycles. The molecule has 5 nitrogen and oxygen atoms in total. The Labute approximate surface area is 121 Å². The van der Waals surface area contributed by atoms with Crippen LogP contribution in [0.15, 0.2) is 53.2 Å². The number of aromatic nitrogens is 1. The van der Waals surface area contributed by atoms with E-state index >= 15 is 0 Å². The summed E-state index contributed by atoms with van der Waals surface area (Å²) in [4.78, 5) is 16.2. The molecular weight excluding hydrogens is 266 g/mol. The number of fused-ring (bicyclic) bond motifs is 1. The lowest BCUT2D eigenvalue weighted by molar-refractivity contribution is 0.0914. The molecule has 106 valence electrons. The summed E-state index contributed by atoms with van der Waals surface area (Å²) in [6.07, 6.45) is 3.39. The van der Waals surface area contributed by atoms with Crippen molar-refractivity contribution in [2.75, 3.05) is 5.73 Å². The van der Waals surface area contributed by atoms with Crippen molar-refractivity contribution in [2.24, 2.45) is 0 Å². The summed E-state index contributed by atoms with van der Waals surface area (Å²) in [6, 6.07) is 10.6. The van der Waals surface area contributed by atoms with Gasteiger partial charge in [-0.3, -0.25) is 9.78 Å². The number of carbonyl (C=O) groups excluding carboxylic acids is 1. The van der Waals surface area contributed by atoms with Gasteiger partial charge in [0.2, 0.25) is 0 Å². The number of nitrogen functional groups attached to an aromatic ring is 1. The van der Waals surface area contributed by atoms with Gasteiger partial charge in [-0.15, -0.1) is 0 Å². The molecule has 3 N–H and O–H groups in total. The number of amides is 1. The van der Waals surface area contributed by atoms with Gasteiger partial charge < -0.3 is 15.5 Å². The van der Waals surface area contributed by atoms with Crippen molar-refractivity contribution in [3.63, 3.8) is 0 Å². The highest BCUT2D eigenvalue weighted by molar-refractivity contribution is 5.96. The van der Waals surface area contributed by atoms with E-state index in [2.05, 4.69) is 10.3 Å². The van der Waals surface area contributed by atoms with Crippen molar-refractivity contribution in [1.82, 2.24) is 10.3 Å². The number of furan rings is 1. The highest BCUT2D eigenvalue weighted by Gasteiger charge is 2.15. The number of nitrogens with two attached hydrogens (primary N) is 1. The first kappa shape index (κ1) is 13.2. The fourth-order valence-electron chi connectivity index (χ4n) is 2.18. The van der Waals surface area contributed by atoms with E-state index in [1.807, 2.05) is 19.1 Å². The highest BCUT2D eigenvalue weighted by Crippen LogP contribution is 2.22. The van der Waals surface area contributed by atoms with Gasteiger partial charge in [0.15, 0.2) is 5.76 Å². The summed E-state index contributed by atoms with van der Waals surface area (Å²) in [6.45, 7) is 1.91. The summed E-state index contributed by atoms with van der Waals surface area (Å²) >= 11 is 0. The van der Waals surface area contributed by atoms with Crippen LogP contribution >= 0.6 is 0 Å². The maximum absolute atomic E-state index is 12.2. The Bertz CT molecular complexity index is 781. The number of hydrogen-bond donors (Lipinski definition) is 2. The molecular formula is C16H15N3O2. The van der Waals surface area contributed by atoms with Gasteiger partial charge in [0.05, 0.1) is 6.04 Å². The quantitative estimate of drug-likeness (QED) is 0.723. The largest absolute Gasteiger partial charge is 0.451 e. The zero-order valence-electron chi connectivity index (χ0n) is 11.5. The molecule has 2 aromatic heterocycles. The summed E-state index contributed by atoms with van der Waals surface area (Å²) < 4.78 is 5.54. The van der Waals surface area contributed by atoms with Crippen LogP contribution in [0, 0.1) is 0 Å². The molecule has 5 heteroatoms. The predicted octanol–water partition coefficient (Wildman–Crippen LogP) is 2.90. The Morgan fingerprint density at radius 2 is 2.00 bits per heavy atom. The van der Waals surface area contributed by atoms with E-state index in [4.69, 9.17) is 10.2 Å². The zero-order valence-corrected chi connectivity index (χ0v) is 11.5. The standard InChI is InChI=1S/C16H15N3O2/c1-10(11-4-6-18-7-5-11)19-16(20)15-9-12-8-13(17)2-3-14(12)21-15/h2-10H,17H2,1H3,(H,19,20). The third-order valence-electron chi connectivity index (χ3n) is 3.32. The van der Waals surface area contributed by atoms with Gasteiger partial charge in [-0.1, -0.05) is 0 Å². The Kier molecular flexibility index (Phi) is 3.31. The van der Waals surface area contributed by atoms with E-state index in [9.17, 15) is 4.79 Å².